The van der Waals surface area contributed by atoms with Crippen LogP contribution in [0.15, 0.2) is 23.9 Å². The van der Waals surface area contributed by atoms with Crippen LogP contribution in [0.4, 0.5) is 0 Å². The second kappa shape index (κ2) is 6.88. The van der Waals surface area contributed by atoms with Gasteiger partial charge in [0.15, 0.2) is 0 Å². The molecule has 1 aromatic rings. The van der Waals surface area contributed by atoms with Crippen molar-refractivity contribution in [2.24, 2.45) is 0 Å². The van der Waals surface area contributed by atoms with Gasteiger partial charge in [-0.3, -0.25) is 14.5 Å². The van der Waals surface area contributed by atoms with E-state index >= 15 is 0 Å². The minimum Gasteiger partial charge on any atom is -0.372 e. The van der Waals surface area contributed by atoms with Crippen LogP contribution in [0, 0.1) is 13.8 Å². The van der Waals surface area contributed by atoms with Gasteiger partial charge in [-0.25, -0.2) is 0 Å². The van der Waals surface area contributed by atoms with E-state index in [2.05, 4.69) is 6.07 Å². The summed E-state index contributed by atoms with van der Waals surface area (Å²) in [6, 6.07) is 5.83. The second-order valence-electron chi connectivity index (χ2n) is 7.78. The third-order valence-corrected chi connectivity index (χ3v) is 4.99. The SMILES string of the molecule is Cc1ccc(C2=C(N3CC(C)OC(C)C3)C(=O)N(C(C)C)C2=O)c(C)c1. The number of carbonyl (C=O) groups is 2. The van der Waals surface area contributed by atoms with E-state index in [1.165, 1.54) is 4.90 Å². The summed E-state index contributed by atoms with van der Waals surface area (Å²) in [5.41, 5.74) is 4.05. The molecule has 2 amide bonds. The van der Waals surface area contributed by atoms with Gasteiger partial charge in [-0.05, 0) is 52.7 Å². The van der Waals surface area contributed by atoms with Gasteiger partial charge in [0.25, 0.3) is 11.8 Å². The highest BCUT2D eigenvalue weighted by Crippen LogP contribution is 2.35. The summed E-state index contributed by atoms with van der Waals surface area (Å²) in [7, 11) is 0. The third-order valence-electron chi connectivity index (χ3n) is 4.99. The van der Waals surface area contributed by atoms with Crippen LogP contribution in [0.2, 0.25) is 0 Å². The molecule has 2 unspecified atom stereocenters. The Morgan fingerprint density at radius 1 is 1.04 bits per heavy atom. The average molecular weight is 356 g/mol. The zero-order chi connectivity index (χ0) is 19.2. The van der Waals surface area contributed by atoms with Crippen LogP contribution in [-0.2, 0) is 14.3 Å². The first-order valence-corrected chi connectivity index (χ1v) is 9.31. The van der Waals surface area contributed by atoms with Gasteiger partial charge < -0.3 is 9.64 Å². The highest BCUT2D eigenvalue weighted by atomic mass is 16.5. The van der Waals surface area contributed by atoms with Gasteiger partial charge >= 0.3 is 0 Å². The highest BCUT2D eigenvalue weighted by Gasteiger charge is 2.44. The Morgan fingerprint density at radius 3 is 2.19 bits per heavy atom. The number of carbonyl (C=O) groups excluding carboxylic acids is 2. The molecule has 0 radical (unpaired) electrons. The number of ether oxygens (including phenoxy) is 1. The Bertz CT molecular complexity index is 771. The minimum atomic E-state index is -0.196. The lowest BCUT2D eigenvalue weighted by atomic mass is 9.97. The number of benzene rings is 1. The molecular weight excluding hydrogens is 328 g/mol. The van der Waals surface area contributed by atoms with Crippen molar-refractivity contribution in [3.63, 3.8) is 0 Å². The lowest BCUT2D eigenvalue weighted by Gasteiger charge is -2.37. The monoisotopic (exact) mass is 356 g/mol. The predicted molar refractivity (Wildman–Crippen MR) is 101 cm³/mol. The van der Waals surface area contributed by atoms with Gasteiger partial charge in [0.05, 0.1) is 17.8 Å². The Hall–Kier alpha value is -2.14. The second-order valence-corrected chi connectivity index (χ2v) is 7.78. The quantitative estimate of drug-likeness (QED) is 0.782. The van der Waals surface area contributed by atoms with Gasteiger partial charge in [0.2, 0.25) is 0 Å². The molecule has 140 valence electrons. The molecule has 0 aliphatic carbocycles. The summed E-state index contributed by atoms with van der Waals surface area (Å²) >= 11 is 0. The molecule has 2 aliphatic rings. The van der Waals surface area contributed by atoms with E-state index in [1.807, 2.05) is 58.6 Å². The number of imide groups is 1. The Morgan fingerprint density at radius 2 is 1.65 bits per heavy atom. The lowest BCUT2D eigenvalue weighted by molar-refractivity contribution is -0.140. The van der Waals surface area contributed by atoms with E-state index in [0.29, 0.717) is 24.4 Å². The molecule has 0 saturated carbocycles. The van der Waals surface area contributed by atoms with Crippen molar-refractivity contribution in [2.75, 3.05) is 13.1 Å². The number of hydrogen-bond donors (Lipinski definition) is 0. The van der Waals surface area contributed by atoms with Crippen LogP contribution in [0.3, 0.4) is 0 Å². The fourth-order valence-corrected chi connectivity index (χ4v) is 3.99. The molecule has 2 heterocycles. The molecule has 26 heavy (non-hydrogen) atoms. The molecule has 1 saturated heterocycles. The summed E-state index contributed by atoms with van der Waals surface area (Å²) in [6.45, 7) is 13.0. The van der Waals surface area contributed by atoms with E-state index in [0.717, 1.165) is 16.7 Å². The van der Waals surface area contributed by atoms with Crippen molar-refractivity contribution in [1.82, 2.24) is 9.80 Å². The van der Waals surface area contributed by atoms with E-state index in [9.17, 15) is 9.59 Å². The number of hydrogen-bond acceptors (Lipinski definition) is 4. The maximum Gasteiger partial charge on any atom is 0.278 e. The average Bonchev–Trinajstić information content (AvgIpc) is 2.77. The number of nitrogens with zero attached hydrogens (tertiary/aromatic N) is 2. The van der Waals surface area contributed by atoms with Crippen LogP contribution < -0.4 is 0 Å². The Labute approximate surface area is 155 Å². The molecule has 0 spiro atoms. The summed E-state index contributed by atoms with van der Waals surface area (Å²) < 4.78 is 5.82. The first kappa shape index (κ1) is 18.6. The fraction of sp³-hybridized carbons (Fsp3) is 0.524. The molecule has 3 rings (SSSR count). The normalized spacial score (nSPS) is 24.3. The molecule has 5 heteroatoms. The Balaban J connectivity index is 2.16. The van der Waals surface area contributed by atoms with Crippen LogP contribution >= 0.6 is 0 Å². The Kier molecular flexibility index (Phi) is 4.93. The van der Waals surface area contributed by atoms with Crippen molar-refractivity contribution < 1.29 is 14.3 Å². The van der Waals surface area contributed by atoms with Crippen molar-refractivity contribution in [1.29, 1.82) is 0 Å². The van der Waals surface area contributed by atoms with Gasteiger partial charge in [-0.15, -0.1) is 0 Å². The number of amides is 2. The van der Waals surface area contributed by atoms with Gasteiger partial charge in [0.1, 0.15) is 5.70 Å². The van der Waals surface area contributed by atoms with Crippen LogP contribution in [-0.4, -0.2) is 53.0 Å². The third kappa shape index (κ3) is 3.16. The topological polar surface area (TPSA) is 49.9 Å². The molecule has 5 nitrogen and oxygen atoms in total. The molecule has 2 atom stereocenters. The largest absolute Gasteiger partial charge is 0.372 e. The zero-order valence-electron chi connectivity index (χ0n) is 16.5. The highest BCUT2D eigenvalue weighted by molar-refractivity contribution is 6.35. The van der Waals surface area contributed by atoms with Crippen molar-refractivity contribution in [2.45, 2.75) is 59.8 Å². The molecule has 2 aliphatic heterocycles. The van der Waals surface area contributed by atoms with E-state index < -0.39 is 0 Å². The molecule has 0 bridgehead atoms. The van der Waals surface area contributed by atoms with E-state index in [4.69, 9.17) is 4.74 Å². The van der Waals surface area contributed by atoms with Crippen LogP contribution in [0.5, 0.6) is 0 Å². The first-order valence-electron chi connectivity index (χ1n) is 9.31. The number of rotatable bonds is 3. The molecule has 1 fully saturated rings. The van der Waals surface area contributed by atoms with E-state index in [-0.39, 0.29) is 30.1 Å². The summed E-state index contributed by atoms with van der Waals surface area (Å²) in [5.74, 6) is -0.389. The first-order chi connectivity index (χ1) is 12.2. The number of morpholine rings is 1. The molecular formula is C21H28N2O3. The van der Waals surface area contributed by atoms with Gasteiger partial charge in [0, 0.05) is 19.1 Å². The minimum absolute atomic E-state index is 0.0163. The smallest absolute Gasteiger partial charge is 0.278 e. The molecule has 0 aromatic heterocycles. The van der Waals surface area contributed by atoms with Crippen LogP contribution in [0.25, 0.3) is 5.57 Å². The zero-order valence-corrected chi connectivity index (χ0v) is 16.5. The fourth-order valence-electron chi connectivity index (χ4n) is 3.99. The maximum atomic E-state index is 13.2. The van der Waals surface area contributed by atoms with Crippen molar-refractivity contribution in [3.05, 3.63) is 40.6 Å². The summed E-state index contributed by atoms with van der Waals surface area (Å²) in [5, 5.41) is 0. The van der Waals surface area contributed by atoms with E-state index in [1.54, 1.807) is 0 Å². The summed E-state index contributed by atoms with van der Waals surface area (Å²) in [6.07, 6.45) is 0.0326. The van der Waals surface area contributed by atoms with Crippen molar-refractivity contribution >= 4 is 17.4 Å². The molecule has 1 aromatic carbocycles. The summed E-state index contributed by atoms with van der Waals surface area (Å²) in [4.78, 5) is 29.8. The van der Waals surface area contributed by atoms with Gasteiger partial charge in [-0.1, -0.05) is 23.8 Å². The molecule has 0 N–H and O–H groups in total. The maximum absolute atomic E-state index is 13.2. The van der Waals surface area contributed by atoms with Gasteiger partial charge in [-0.2, -0.15) is 0 Å². The number of aryl methyl sites for hydroxylation is 2. The predicted octanol–water partition coefficient (Wildman–Crippen LogP) is 2.90. The van der Waals surface area contributed by atoms with Crippen molar-refractivity contribution in [3.8, 4) is 0 Å². The van der Waals surface area contributed by atoms with Crippen LogP contribution in [0.1, 0.15) is 44.4 Å². The standard InChI is InChI=1S/C21H28N2O3/c1-12(2)23-20(24)18(17-8-7-13(3)9-14(17)4)19(21(23)25)22-10-15(5)26-16(6)11-22/h7-9,12,15-16H,10-11H2,1-6H3. The lowest BCUT2D eigenvalue weighted by Crippen LogP contribution is -2.47.